The van der Waals surface area contributed by atoms with Crippen LogP contribution in [0.2, 0.25) is 0 Å². The van der Waals surface area contributed by atoms with Gasteiger partial charge >= 0.3 is 6.18 Å². The first-order chi connectivity index (χ1) is 17.2. The molecule has 1 fully saturated rings. The van der Waals surface area contributed by atoms with E-state index in [0.717, 1.165) is 68.6 Å². The maximum atomic E-state index is 14.5. The molecule has 4 rings (SSSR count). The van der Waals surface area contributed by atoms with Crippen molar-refractivity contribution in [2.75, 3.05) is 25.5 Å². The van der Waals surface area contributed by atoms with Crippen LogP contribution in [0.25, 0.3) is 0 Å². The summed E-state index contributed by atoms with van der Waals surface area (Å²) in [7, 11) is 1.16. The van der Waals surface area contributed by atoms with Crippen LogP contribution in [0, 0.1) is 11.6 Å². The number of hydrogen-bond acceptors (Lipinski definition) is 6. The number of carbonyl (C=O) groups is 1. The number of halogens is 5. The van der Waals surface area contributed by atoms with Crippen LogP contribution in [-0.4, -0.2) is 53.2 Å². The van der Waals surface area contributed by atoms with Gasteiger partial charge in [0.15, 0.2) is 0 Å². The van der Waals surface area contributed by atoms with Gasteiger partial charge < -0.3 is 20.3 Å². The van der Waals surface area contributed by atoms with Crippen LogP contribution in [-0.2, 0) is 4.79 Å². The summed E-state index contributed by atoms with van der Waals surface area (Å²) >= 11 is 0. The molecule has 1 aromatic carbocycles. The topological polar surface area (TPSA) is 79.4 Å². The van der Waals surface area contributed by atoms with E-state index >= 15 is 0 Å². The van der Waals surface area contributed by atoms with Gasteiger partial charge in [-0.25, -0.2) is 13.8 Å². The summed E-state index contributed by atoms with van der Waals surface area (Å²) in [6, 6.07) is 0.871. The second-order valence-corrected chi connectivity index (χ2v) is 8.44. The molecule has 0 spiro atoms. The highest BCUT2D eigenvalue weighted by Gasteiger charge is 2.45. The van der Waals surface area contributed by atoms with E-state index in [1.807, 2.05) is 0 Å². The molecule has 2 aliphatic heterocycles. The van der Waals surface area contributed by atoms with Crippen molar-refractivity contribution in [2.24, 2.45) is 0 Å². The summed E-state index contributed by atoms with van der Waals surface area (Å²) in [6.45, 7) is 1.63. The predicted molar refractivity (Wildman–Crippen MR) is 121 cm³/mol. The maximum Gasteiger partial charge on any atom is 0.415 e. The second kappa shape index (κ2) is 10.6. The molecule has 7 nitrogen and oxygen atoms in total. The Morgan fingerprint density at radius 1 is 1.17 bits per heavy atom. The summed E-state index contributed by atoms with van der Waals surface area (Å²) in [5.74, 6) is -3.02. The normalized spacial score (nSPS) is 20.8. The lowest BCUT2D eigenvalue weighted by molar-refractivity contribution is -0.116. The lowest BCUT2D eigenvalue weighted by atomic mass is 9.92. The van der Waals surface area contributed by atoms with Crippen molar-refractivity contribution in [1.82, 2.24) is 20.2 Å². The predicted octanol–water partition coefficient (Wildman–Crippen LogP) is 4.27. The first-order valence-electron chi connectivity index (χ1n) is 11.3. The minimum absolute atomic E-state index is 0.118. The number of carbonyl (C=O) groups excluding carboxylic acids is 1. The molecule has 3 heterocycles. The van der Waals surface area contributed by atoms with E-state index in [1.54, 1.807) is 0 Å². The van der Waals surface area contributed by atoms with E-state index in [0.29, 0.717) is 6.08 Å². The third-order valence-electron chi connectivity index (χ3n) is 6.04. The van der Waals surface area contributed by atoms with Gasteiger partial charge in [0.2, 0.25) is 5.88 Å². The summed E-state index contributed by atoms with van der Waals surface area (Å²) in [5.41, 5.74) is -2.15. The highest BCUT2D eigenvalue weighted by molar-refractivity contribution is 6.04. The third kappa shape index (κ3) is 5.48. The van der Waals surface area contributed by atoms with Crippen molar-refractivity contribution >= 4 is 11.6 Å². The molecule has 0 bridgehead atoms. The summed E-state index contributed by atoms with van der Waals surface area (Å²) < 4.78 is 76.4. The Balaban J connectivity index is 1.62. The molecule has 192 valence electrons. The van der Waals surface area contributed by atoms with E-state index in [9.17, 15) is 26.7 Å². The van der Waals surface area contributed by atoms with Gasteiger partial charge in [0.1, 0.15) is 35.5 Å². The molecule has 1 saturated heterocycles. The van der Waals surface area contributed by atoms with E-state index < -0.39 is 40.9 Å². The summed E-state index contributed by atoms with van der Waals surface area (Å²) in [5, 5.41) is 5.82. The lowest BCUT2D eigenvalue weighted by Gasteiger charge is -2.36. The number of alkyl halides is 3. The van der Waals surface area contributed by atoms with Crippen LogP contribution >= 0.6 is 0 Å². The molecule has 2 unspecified atom stereocenters. The zero-order chi connectivity index (χ0) is 25.9. The van der Waals surface area contributed by atoms with Crippen molar-refractivity contribution in [1.29, 1.82) is 0 Å². The smallest absolute Gasteiger partial charge is 0.415 e. The fraction of sp³-hybridized carbons (Fsp3) is 0.375. The highest BCUT2D eigenvalue weighted by Crippen LogP contribution is 2.44. The number of ether oxygens (including phenoxy) is 1. The zero-order valence-electron chi connectivity index (χ0n) is 19.3. The third-order valence-corrected chi connectivity index (χ3v) is 6.04. The zero-order valence-corrected chi connectivity index (χ0v) is 19.3. The molecular weight excluding hydrogens is 485 g/mol. The molecule has 2 N–H and O–H groups in total. The SMILES string of the molecule is CN1C(C(=O)Nc2cncnc2OC2CCCNCC2)=CC=C(C(F)(F)F)C1c1c(F)cccc1F. The molecule has 0 radical (unpaired) electrons. The van der Waals surface area contributed by atoms with Crippen molar-refractivity contribution < 1.29 is 31.5 Å². The Morgan fingerprint density at radius 2 is 1.92 bits per heavy atom. The number of anilines is 1. The number of rotatable bonds is 5. The molecule has 0 aliphatic carbocycles. The Hall–Kier alpha value is -3.54. The van der Waals surface area contributed by atoms with Crippen LogP contribution in [0.3, 0.4) is 0 Å². The number of allylic oxidation sites excluding steroid dienone is 2. The van der Waals surface area contributed by atoms with Crippen LogP contribution in [0.5, 0.6) is 5.88 Å². The van der Waals surface area contributed by atoms with Crippen LogP contribution < -0.4 is 15.4 Å². The van der Waals surface area contributed by atoms with E-state index in [-0.39, 0.29) is 23.4 Å². The average molecular weight is 509 g/mol. The van der Waals surface area contributed by atoms with Gasteiger partial charge in [-0.15, -0.1) is 0 Å². The maximum absolute atomic E-state index is 14.5. The van der Waals surface area contributed by atoms with Crippen molar-refractivity contribution in [3.8, 4) is 5.88 Å². The molecule has 1 amide bonds. The Morgan fingerprint density at radius 3 is 2.64 bits per heavy atom. The average Bonchev–Trinajstić information content (AvgIpc) is 3.09. The van der Waals surface area contributed by atoms with Gasteiger partial charge in [-0.2, -0.15) is 18.2 Å². The fourth-order valence-corrected chi connectivity index (χ4v) is 4.28. The van der Waals surface area contributed by atoms with Crippen LogP contribution in [0.15, 0.2) is 54.1 Å². The first kappa shape index (κ1) is 25.5. The minimum atomic E-state index is -4.89. The first-order valence-corrected chi connectivity index (χ1v) is 11.3. The molecule has 36 heavy (non-hydrogen) atoms. The number of amides is 1. The summed E-state index contributed by atoms with van der Waals surface area (Å²) in [6.07, 6.45) is 1.53. The van der Waals surface area contributed by atoms with E-state index in [1.165, 1.54) is 12.5 Å². The number of aromatic nitrogens is 2. The lowest BCUT2D eigenvalue weighted by Crippen LogP contribution is -2.38. The van der Waals surface area contributed by atoms with Gasteiger partial charge in [0.05, 0.1) is 23.4 Å². The largest absolute Gasteiger partial charge is 0.473 e. The number of nitrogens with zero attached hydrogens (tertiary/aromatic N) is 3. The molecule has 2 aromatic rings. The van der Waals surface area contributed by atoms with E-state index in [2.05, 4.69) is 20.6 Å². The fourth-order valence-electron chi connectivity index (χ4n) is 4.28. The standard InChI is InChI=1S/C24H24F5N5O2/c1-34-19(8-7-15(24(27,28)29)21(34)20-16(25)5-2-6-17(20)26)22(35)33-18-12-31-13-32-23(18)36-14-4-3-10-30-11-9-14/h2,5-8,12-14,21,30H,3-4,9-11H2,1H3,(H,33,35). The number of nitrogens with one attached hydrogen (secondary N) is 2. The van der Waals surface area contributed by atoms with E-state index in [4.69, 9.17) is 4.74 Å². The van der Waals surface area contributed by atoms with Gasteiger partial charge in [-0.3, -0.25) is 4.79 Å². The number of benzene rings is 1. The molecule has 1 aromatic heterocycles. The van der Waals surface area contributed by atoms with Crippen molar-refractivity contribution in [3.63, 3.8) is 0 Å². The van der Waals surface area contributed by atoms with Gasteiger partial charge in [-0.1, -0.05) is 6.07 Å². The molecule has 12 heteroatoms. The van der Waals surface area contributed by atoms with Gasteiger partial charge in [0.25, 0.3) is 5.91 Å². The van der Waals surface area contributed by atoms with Gasteiger partial charge in [-0.05, 0) is 56.6 Å². The van der Waals surface area contributed by atoms with Gasteiger partial charge in [0, 0.05) is 7.05 Å². The Kier molecular flexibility index (Phi) is 7.53. The van der Waals surface area contributed by atoms with Crippen LogP contribution in [0.1, 0.15) is 30.9 Å². The number of likely N-dealkylation sites (N-methyl/N-ethyl adjacent to an activating group) is 1. The molecule has 2 atom stereocenters. The van der Waals surface area contributed by atoms with Crippen LogP contribution in [0.4, 0.5) is 27.6 Å². The Labute approximate surface area is 204 Å². The second-order valence-electron chi connectivity index (χ2n) is 8.44. The Bertz CT molecular complexity index is 1160. The quantitative estimate of drug-likeness (QED) is 0.587. The monoisotopic (exact) mass is 509 g/mol. The molecule has 2 aliphatic rings. The van der Waals surface area contributed by atoms with Crippen molar-refractivity contribution in [2.45, 2.75) is 37.6 Å². The van der Waals surface area contributed by atoms with Crippen molar-refractivity contribution in [3.05, 3.63) is 71.3 Å². The minimum Gasteiger partial charge on any atom is -0.473 e. The summed E-state index contributed by atoms with van der Waals surface area (Å²) in [4.78, 5) is 22.0. The number of hydrogen-bond donors (Lipinski definition) is 2. The molecule has 0 saturated carbocycles. The molecular formula is C24H24F5N5O2. The highest BCUT2D eigenvalue weighted by atomic mass is 19.4.